The third-order valence-electron chi connectivity index (χ3n) is 0.925. The Balaban J connectivity index is 3.73. The second kappa shape index (κ2) is 4.19. The summed E-state index contributed by atoms with van der Waals surface area (Å²) in [5.74, 6) is -1.48. The summed E-state index contributed by atoms with van der Waals surface area (Å²) in [5, 5.41) is 9.98. The zero-order chi connectivity index (χ0) is 9.78. The van der Waals surface area contributed by atoms with E-state index < -0.39 is 23.0 Å². The largest absolute Gasteiger partial charge is 0.545 e. The minimum Gasteiger partial charge on any atom is -0.545 e. The van der Waals surface area contributed by atoms with Crippen molar-refractivity contribution in [2.24, 2.45) is 0 Å². The van der Waals surface area contributed by atoms with Crippen molar-refractivity contribution in [3.05, 3.63) is 12.2 Å². The van der Waals surface area contributed by atoms with E-state index >= 15 is 0 Å². The molecule has 0 amide bonds. The van der Waals surface area contributed by atoms with Crippen LogP contribution in [0.5, 0.6) is 0 Å². The zero-order valence-electron chi connectivity index (χ0n) is 6.02. The Kier molecular flexibility index (Phi) is 3.87. The second-order valence-corrected chi connectivity index (χ2v) is 2.98. The van der Waals surface area contributed by atoms with Gasteiger partial charge in [0.1, 0.15) is 0 Å². The fourth-order valence-corrected chi connectivity index (χ4v) is 0.666. The Bertz CT molecular complexity index is 276. The summed E-state index contributed by atoms with van der Waals surface area (Å²) >= 11 is 0. The molecule has 6 nitrogen and oxygen atoms in total. The molecule has 0 rings (SSSR count). The third kappa shape index (κ3) is 5.83. The highest BCUT2D eigenvalue weighted by Crippen LogP contribution is 1.98. The third-order valence-corrected chi connectivity index (χ3v) is 1.39. The predicted octanol–water partition coefficient (Wildman–Crippen LogP) is -1.50. The maximum Gasteiger partial charge on any atom is 0.397 e. The van der Waals surface area contributed by atoms with Crippen LogP contribution in [0.2, 0.25) is 0 Å². The first-order valence-electron chi connectivity index (χ1n) is 2.84. The molecule has 0 radical (unpaired) electrons. The molecule has 0 aromatic carbocycles. The molecular weight excluding hydrogens is 188 g/mol. The highest BCUT2D eigenvalue weighted by molar-refractivity contribution is 7.80. The van der Waals surface area contributed by atoms with E-state index in [0.717, 1.165) is 0 Å². The molecule has 0 aromatic heterocycles. The van der Waals surface area contributed by atoms with Crippen molar-refractivity contribution in [1.82, 2.24) is 0 Å². The van der Waals surface area contributed by atoms with Crippen molar-refractivity contribution in [2.45, 2.75) is 6.42 Å². The lowest BCUT2D eigenvalue weighted by Gasteiger charge is -2.04. The Labute approximate surface area is 69.4 Å². The number of hydrogen-bond donors (Lipinski definition) is 1. The van der Waals surface area contributed by atoms with E-state index in [0.29, 0.717) is 0 Å². The lowest BCUT2D eigenvalue weighted by atomic mass is 10.2. The van der Waals surface area contributed by atoms with E-state index in [-0.39, 0.29) is 12.0 Å². The number of carbonyl (C=O) groups excluding carboxylic acids is 1. The Morgan fingerprint density at radius 2 is 2.08 bits per heavy atom. The first kappa shape index (κ1) is 11.1. The van der Waals surface area contributed by atoms with Gasteiger partial charge in [-0.05, 0) is 12.0 Å². The number of rotatable bonds is 5. The maximum atomic E-state index is 9.98. The molecule has 1 N–H and O–H groups in total. The van der Waals surface area contributed by atoms with Crippen LogP contribution in [-0.4, -0.2) is 25.5 Å². The average molecular weight is 195 g/mol. The zero-order valence-corrected chi connectivity index (χ0v) is 6.83. The molecule has 0 aliphatic carbocycles. The Hall–Kier alpha value is -0.920. The number of aliphatic carboxylic acids is 1. The Morgan fingerprint density at radius 1 is 1.58 bits per heavy atom. The molecule has 0 heterocycles. The molecule has 0 aliphatic rings. The minimum atomic E-state index is -4.50. The summed E-state index contributed by atoms with van der Waals surface area (Å²) in [5.41, 5.74) is -0.293. The average Bonchev–Trinajstić information content (AvgIpc) is 1.84. The minimum absolute atomic E-state index is 0.220. The van der Waals surface area contributed by atoms with Crippen LogP contribution >= 0.6 is 0 Å². The van der Waals surface area contributed by atoms with Gasteiger partial charge in [0.2, 0.25) is 0 Å². The molecule has 7 heteroatoms. The molecule has 0 saturated heterocycles. The number of carboxylic acid groups (broad SMARTS) is 1. The van der Waals surface area contributed by atoms with Gasteiger partial charge in [0.25, 0.3) is 0 Å². The standard InChI is InChI=1S/C5H8O6S/c1-4(5(6)7)2-3-11-12(8,9)10/h1-3H2,(H,6,7)(H,8,9,10)/p-1. The van der Waals surface area contributed by atoms with Crippen LogP contribution in [0.3, 0.4) is 0 Å². The van der Waals surface area contributed by atoms with Crippen LogP contribution in [0.4, 0.5) is 0 Å². The van der Waals surface area contributed by atoms with Crippen molar-refractivity contribution in [1.29, 1.82) is 0 Å². The van der Waals surface area contributed by atoms with Crippen LogP contribution in [0, 0.1) is 0 Å². The van der Waals surface area contributed by atoms with Crippen molar-refractivity contribution in [2.75, 3.05) is 6.61 Å². The predicted molar refractivity (Wildman–Crippen MR) is 36.3 cm³/mol. The van der Waals surface area contributed by atoms with Crippen LogP contribution in [0.25, 0.3) is 0 Å². The van der Waals surface area contributed by atoms with Crippen LogP contribution in [-0.2, 0) is 19.4 Å². The van der Waals surface area contributed by atoms with Crippen molar-refractivity contribution in [3.8, 4) is 0 Å². The second-order valence-electron chi connectivity index (χ2n) is 1.89. The molecule has 0 spiro atoms. The smallest absolute Gasteiger partial charge is 0.397 e. The number of hydrogen-bond acceptors (Lipinski definition) is 5. The molecule has 0 bridgehead atoms. The quantitative estimate of drug-likeness (QED) is 0.423. The van der Waals surface area contributed by atoms with E-state index in [1.54, 1.807) is 0 Å². The fraction of sp³-hybridized carbons (Fsp3) is 0.400. The van der Waals surface area contributed by atoms with Crippen LogP contribution in [0.15, 0.2) is 12.2 Å². The molecule has 12 heavy (non-hydrogen) atoms. The number of carboxylic acids is 1. The van der Waals surface area contributed by atoms with Gasteiger partial charge in [-0.3, -0.25) is 4.55 Å². The molecule has 70 valence electrons. The molecule has 0 saturated carbocycles. The van der Waals surface area contributed by atoms with Crippen molar-refractivity contribution < 1.29 is 27.1 Å². The lowest BCUT2D eigenvalue weighted by Crippen LogP contribution is -2.24. The summed E-state index contributed by atoms with van der Waals surface area (Å²) in [6.45, 7) is 2.59. The van der Waals surface area contributed by atoms with E-state index in [4.69, 9.17) is 4.55 Å². The van der Waals surface area contributed by atoms with E-state index in [9.17, 15) is 18.3 Å². The first-order valence-corrected chi connectivity index (χ1v) is 4.20. The molecule has 0 aliphatic heterocycles. The van der Waals surface area contributed by atoms with E-state index in [1.165, 1.54) is 0 Å². The van der Waals surface area contributed by atoms with Gasteiger partial charge in [-0.2, -0.15) is 8.42 Å². The normalized spacial score (nSPS) is 11.1. The monoisotopic (exact) mass is 195 g/mol. The summed E-state index contributed by atoms with van der Waals surface area (Å²) in [6.07, 6.45) is -0.220. The van der Waals surface area contributed by atoms with Crippen LogP contribution < -0.4 is 5.11 Å². The topological polar surface area (TPSA) is 104 Å². The van der Waals surface area contributed by atoms with Gasteiger partial charge < -0.3 is 9.90 Å². The van der Waals surface area contributed by atoms with Gasteiger partial charge in [-0.15, -0.1) is 0 Å². The molecule has 0 unspecified atom stereocenters. The summed E-state index contributed by atoms with van der Waals surface area (Å²) in [7, 11) is -4.50. The van der Waals surface area contributed by atoms with E-state index in [2.05, 4.69) is 10.8 Å². The van der Waals surface area contributed by atoms with Crippen molar-refractivity contribution >= 4 is 16.4 Å². The molecule has 0 aromatic rings. The van der Waals surface area contributed by atoms with Gasteiger partial charge in [-0.25, -0.2) is 4.18 Å². The first-order chi connectivity index (χ1) is 5.33. The highest BCUT2D eigenvalue weighted by atomic mass is 32.3. The SMILES string of the molecule is C=C(CCOS(=O)(=O)O)C(=O)[O-]. The van der Waals surface area contributed by atoms with Gasteiger partial charge in [-0.1, -0.05) is 6.58 Å². The van der Waals surface area contributed by atoms with Gasteiger partial charge in [0, 0.05) is 0 Å². The van der Waals surface area contributed by atoms with Gasteiger partial charge >= 0.3 is 10.4 Å². The summed E-state index contributed by atoms with van der Waals surface area (Å²) in [4.78, 5) is 9.98. The summed E-state index contributed by atoms with van der Waals surface area (Å²) < 4.78 is 31.7. The molecule has 0 atom stereocenters. The van der Waals surface area contributed by atoms with Crippen LogP contribution in [0.1, 0.15) is 6.42 Å². The van der Waals surface area contributed by atoms with Crippen molar-refractivity contribution in [3.63, 3.8) is 0 Å². The number of carbonyl (C=O) groups is 1. The van der Waals surface area contributed by atoms with Gasteiger partial charge in [0.05, 0.1) is 12.6 Å². The van der Waals surface area contributed by atoms with E-state index in [1.807, 2.05) is 0 Å². The lowest BCUT2D eigenvalue weighted by molar-refractivity contribution is -0.299. The Morgan fingerprint density at radius 3 is 2.42 bits per heavy atom. The highest BCUT2D eigenvalue weighted by Gasteiger charge is 2.04. The summed E-state index contributed by atoms with van der Waals surface area (Å²) in [6, 6.07) is 0. The molecular formula is C5H7O6S-. The maximum absolute atomic E-state index is 9.98. The molecule has 0 fully saturated rings. The van der Waals surface area contributed by atoms with Gasteiger partial charge in [0.15, 0.2) is 0 Å². The fourth-order valence-electron chi connectivity index (χ4n) is 0.372.